The number of carbonyl (C=O) groups is 1. The highest BCUT2D eigenvalue weighted by Gasteiger charge is 2.09. The summed E-state index contributed by atoms with van der Waals surface area (Å²) in [7, 11) is 1.64. The average molecular weight is 272 g/mol. The normalized spacial score (nSPS) is 10.2. The third kappa shape index (κ3) is 3.55. The summed E-state index contributed by atoms with van der Waals surface area (Å²) < 4.78 is 5.05. The van der Waals surface area contributed by atoms with Gasteiger partial charge < -0.3 is 15.0 Å². The Bertz CT molecular complexity index is 649. The lowest BCUT2D eigenvalue weighted by molar-refractivity contribution is 0.102. The van der Waals surface area contributed by atoms with Crippen LogP contribution in [-0.4, -0.2) is 24.6 Å². The Morgan fingerprint density at radius 2 is 2.10 bits per heavy atom. The molecule has 0 bridgehead atoms. The maximum Gasteiger partial charge on any atom is 0.255 e. The number of nitrogens with one attached hydrogen (secondary N) is 2. The molecule has 2 N–H and O–H groups in total. The van der Waals surface area contributed by atoms with Crippen LogP contribution in [0.1, 0.15) is 15.9 Å². The molecule has 2 aromatic rings. The summed E-state index contributed by atoms with van der Waals surface area (Å²) >= 11 is 0. The molecule has 5 heteroatoms. The fraction of sp³-hybridized carbons (Fsp3) is 0.200. The fourth-order valence-corrected chi connectivity index (χ4v) is 1.85. The van der Waals surface area contributed by atoms with Gasteiger partial charge in [-0.05, 0) is 24.1 Å². The molecule has 0 saturated heterocycles. The van der Waals surface area contributed by atoms with Crippen LogP contribution < -0.4 is 10.9 Å². The van der Waals surface area contributed by atoms with Crippen molar-refractivity contribution < 1.29 is 9.53 Å². The first kappa shape index (κ1) is 14.0. The molecule has 0 aliphatic heterocycles. The molecular formula is C15H16N2O3. The van der Waals surface area contributed by atoms with Crippen LogP contribution in [0.3, 0.4) is 0 Å². The number of benzene rings is 1. The number of methoxy groups -OCH3 is 1. The molecule has 1 aromatic heterocycles. The van der Waals surface area contributed by atoms with Crippen LogP contribution >= 0.6 is 0 Å². The molecule has 0 atom stereocenters. The van der Waals surface area contributed by atoms with Gasteiger partial charge in [0.2, 0.25) is 5.56 Å². The monoisotopic (exact) mass is 272 g/mol. The second kappa shape index (κ2) is 6.68. The average Bonchev–Trinajstić information content (AvgIpc) is 2.46. The van der Waals surface area contributed by atoms with E-state index in [1.165, 1.54) is 12.3 Å². The molecule has 1 aromatic carbocycles. The Balaban J connectivity index is 2.17. The van der Waals surface area contributed by atoms with Crippen molar-refractivity contribution in [2.24, 2.45) is 0 Å². The van der Waals surface area contributed by atoms with Crippen LogP contribution in [0.5, 0.6) is 0 Å². The number of hydrogen-bond donors (Lipinski definition) is 2. The zero-order valence-electron chi connectivity index (χ0n) is 11.2. The van der Waals surface area contributed by atoms with E-state index >= 15 is 0 Å². The standard InChI is InChI=1S/C15H16N2O3/c1-20-9-7-11-4-2-3-5-13(11)17-15(19)12-6-8-16-14(18)10-12/h2-6,8,10H,7,9H2,1H3,(H,16,18)(H,17,19). The van der Waals surface area contributed by atoms with Gasteiger partial charge in [-0.3, -0.25) is 9.59 Å². The minimum Gasteiger partial charge on any atom is -0.384 e. The van der Waals surface area contributed by atoms with Crippen molar-refractivity contribution in [3.8, 4) is 0 Å². The molecule has 2 rings (SSSR count). The van der Waals surface area contributed by atoms with Crippen LogP contribution in [0, 0.1) is 0 Å². The summed E-state index contributed by atoms with van der Waals surface area (Å²) in [5, 5.41) is 2.82. The van der Waals surface area contributed by atoms with Crippen molar-refractivity contribution in [2.45, 2.75) is 6.42 Å². The lowest BCUT2D eigenvalue weighted by atomic mass is 10.1. The number of rotatable bonds is 5. The minimum absolute atomic E-state index is 0.301. The van der Waals surface area contributed by atoms with E-state index < -0.39 is 0 Å². The van der Waals surface area contributed by atoms with Crippen molar-refractivity contribution in [3.05, 3.63) is 64.1 Å². The van der Waals surface area contributed by atoms with Crippen LogP contribution in [0.2, 0.25) is 0 Å². The molecule has 0 saturated carbocycles. The second-order valence-electron chi connectivity index (χ2n) is 4.30. The largest absolute Gasteiger partial charge is 0.384 e. The van der Waals surface area contributed by atoms with Gasteiger partial charge in [-0.1, -0.05) is 18.2 Å². The number of aromatic amines is 1. The number of hydrogen-bond acceptors (Lipinski definition) is 3. The van der Waals surface area contributed by atoms with Gasteiger partial charge in [0.25, 0.3) is 5.91 Å². The van der Waals surface area contributed by atoms with Crippen LogP contribution in [0.4, 0.5) is 5.69 Å². The quantitative estimate of drug-likeness (QED) is 0.872. The highest BCUT2D eigenvalue weighted by molar-refractivity contribution is 6.04. The van der Waals surface area contributed by atoms with Crippen LogP contribution in [0.25, 0.3) is 0 Å². The first-order chi connectivity index (χ1) is 9.70. The van der Waals surface area contributed by atoms with E-state index in [0.29, 0.717) is 18.6 Å². The lowest BCUT2D eigenvalue weighted by Gasteiger charge is -2.10. The summed E-state index contributed by atoms with van der Waals surface area (Å²) in [6.07, 6.45) is 2.16. The molecule has 20 heavy (non-hydrogen) atoms. The highest BCUT2D eigenvalue weighted by atomic mass is 16.5. The molecule has 0 unspecified atom stereocenters. The first-order valence-corrected chi connectivity index (χ1v) is 6.27. The highest BCUT2D eigenvalue weighted by Crippen LogP contribution is 2.16. The number of carbonyl (C=O) groups excluding carboxylic acids is 1. The van der Waals surface area contributed by atoms with E-state index in [9.17, 15) is 9.59 Å². The molecule has 0 spiro atoms. The minimum atomic E-state index is -0.305. The van der Waals surface area contributed by atoms with Gasteiger partial charge in [0.1, 0.15) is 0 Å². The van der Waals surface area contributed by atoms with Crippen molar-refractivity contribution in [3.63, 3.8) is 0 Å². The zero-order valence-corrected chi connectivity index (χ0v) is 11.2. The number of ether oxygens (including phenoxy) is 1. The van der Waals surface area contributed by atoms with Gasteiger partial charge in [0.15, 0.2) is 0 Å². The van der Waals surface area contributed by atoms with Crippen LogP contribution in [0.15, 0.2) is 47.4 Å². The number of H-pyrrole nitrogens is 1. The number of pyridine rings is 1. The molecule has 1 amide bonds. The van der Waals surface area contributed by atoms with E-state index in [4.69, 9.17) is 4.74 Å². The van der Waals surface area contributed by atoms with Gasteiger partial charge in [0.05, 0.1) is 6.61 Å². The molecule has 1 heterocycles. The molecule has 0 aliphatic rings. The van der Waals surface area contributed by atoms with Gasteiger partial charge in [0, 0.05) is 30.6 Å². The summed E-state index contributed by atoms with van der Waals surface area (Å²) in [5.74, 6) is -0.305. The van der Waals surface area contributed by atoms with E-state index in [1.54, 1.807) is 13.2 Å². The number of aromatic nitrogens is 1. The van der Waals surface area contributed by atoms with Crippen molar-refractivity contribution >= 4 is 11.6 Å². The summed E-state index contributed by atoms with van der Waals surface area (Å²) in [6, 6.07) is 10.4. The Hall–Kier alpha value is -2.40. The molecule has 0 radical (unpaired) electrons. The first-order valence-electron chi connectivity index (χ1n) is 6.27. The second-order valence-corrected chi connectivity index (χ2v) is 4.30. The third-order valence-corrected chi connectivity index (χ3v) is 2.88. The lowest BCUT2D eigenvalue weighted by Crippen LogP contribution is -2.16. The van der Waals surface area contributed by atoms with E-state index in [-0.39, 0.29) is 11.5 Å². The molecule has 0 fully saturated rings. The van der Waals surface area contributed by atoms with Crippen molar-refractivity contribution in [2.75, 3.05) is 19.0 Å². The number of anilines is 1. The predicted octanol–water partition coefficient (Wildman–Crippen LogP) is 1.82. The summed E-state index contributed by atoms with van der Waals surface area (Å²) in [6.45, 7) is 0.581. The number of para-hydroxylation sites is 1. The maximum absolute atomic E-state index is 12.1. The Kier molecular flexibility index (Phi) is 4.68. The summed E-state index contributed by atoms with van der Waals surface area (Å²) in [4.78, 5) is 25.8. The molecule has 0 aliphatic carbocycles. The SMILES string of the molecule is COCCc1ccccc1NC(=O)c1cc[nH]c(=O)c1. The predicted molar refractivity (Wildman–Crippen MR) is 77.0 cm³/mol. The fourth-order valence-electron chi connectivity index (χ4n) is 1.85. The molecule has 5 nitrogen and oxygen atoms in total. The van der Waals surface area contributed by atoms with Crippen molar-refractivity contribution in [1.82, 2.24) is 4.98 Å². The van der Waals surface area contributed by atoms with E-state index in [2.05, 4.69) is 10.3 Å². The van der Waals surface area contributed by atoms with Crippen LogP contribution in [-0.2, 0) is 11.2 Å². The van der Waals surface area contributed by atoms with Gasteiger partial charge in [-0.15, -0.1) is 0 Å². The zero-order chi connectivity index (χ0) is 14.4. The molecular weight excluding hydrogens is 256 g/mol. The van der Waals surface area contributed by atoms with Gasteiger partial charge in [-0.2, -0.15) is 0 Å². The number of amides is 1. The summed E-state index contributed by atoms with van der Waals surface area (Å²) in [5.41, 5.74) is 1.75. The smallest absolute Gasteiger partial charge is 0.255 e. The van der Waals surface area contributed by atoms with Crippen molar-refractivity contribution in [1.29, 1.82) is 0 Å². The maximum atomic E-state index is 12.1. The molecule has 104 valence electrons. The van der Waals surface area contributed by atoms with Gasteiger partial charge in [-0.25, -0.2) is 0 Å². The third-order valence-electron chi connectivity index (χ3n) is 2.88. The Morgan fingerprint density at radius 3 is 2.85 bits per heavy atom. The van der Waals surface area contributed by atoms with E-state index in [0.717, 1.165) is 11.3 Å². The van der Waals surface area contributed by atoms with Gasteiger partial charge >= 0.3 is 0 Å². The Morgan fingerprint density at radius 1 is 1.30 bits per heavy atom. The topological polar surface area (TPSA) is 71.2 Å². The Labute approximate surface area is 116 Å². The van der Waals surface area contributed by atoms with E-state index in [1.807, 2.05) is 24.3 Å².